The smallest absolute Gasteiger partial charge is 0.183 e. The number of Topliss-reactive ketones (excluding diaryl/α,β-unsaturated/α-hetero) is 1. The fourth-order valence-corrected chi connectivity index (χ4v) is 4.51. The molecule has 0 amide bonds. The van der Waals surface area contributed by atoms with Crippen molar-refractivity contribution in [1.82, 2.24) is 0 Å². The molecule has 0 N–H and O–H groups in total. The first-order chi connectivity index (χ1) is 11.5. The van der Waals surface area contributed by atoms with Crippen molar-refractivity contribution in [2.45, 2.75) is 37.7 Å². The Labute approximate surface area is 149 Å². The molecule has 1 heterocycles. The van der Waals surface area contributed by atoms with E-state index in [9.17, 15) is 21.6 Å². The summed E-state index contributed by atoms with van der Waals surface area (Å²) in [5.74, 6) is -0.590. The summed E-state index contributed by atoms with van der Waals surface area (Å²) in [6, 6.07) is 7.05. The van der Waals surface area contributed by atoms with Gasteiger partial charge in [0.1, 0.15) is 25.4 Å². The van der Waals surface area contributed by atoms with Crippen LogP contribution in [0.15, 0.2) is 24.3 Å². The number of benzene rings is 1. The summed E-state index contributed by atoms with van der Waals surface area (Å²) in [6.45, 7) is 1.78. The zero-order valence-corrected chi connectivity index (χ0v) is 16.3. The predicted molar refractivity (Wildman–Crippen MR) is 96.5 cm³/mol. The minimum Gasteiger partial charge on any atom is -0.479 e. The van der Waals surface area contributed by atoms with Crippen molar-refractivity contribution in [2.24, 2.45) is 0 Å². The van der Waals surface area contributed by atoms with E-state index in [1.807, 2.05) is 0 Å². The van der Waals surface area contributed by atoms with Crippen LogP contribution in [0.5, 0.6) is 5.75 Å². The molecule has 1 aliphatic heterocycles. The Bertz CT molecular complexity index is 857. The summed E-state index contributed by atoms with van der Waals surface area (Å²) in [5.41, 5.74) is -0.570. The van der Waals surface area contributed by atoms with Crippen LogP contribution in [0, 0.1) is 0 Å². The molecule has 2 rings (SSSR count). The number of ketones is 1. The summed E-state index contributed by atoms with van der Waals surface area (Å²) >= 11 is 0. The van der Waals surface area contributed by atoms with E-state index in [2.05, 4.69) is 0 Å². The molecule has 0 saturated heterocycles. The van der Waals surface area contributed by atoms with Gasteiger partial charge < -0.3 is 4.74 Å². The number of sulfone groups is 2. The molecule has 1 aromatic carbocycles. The Balaban J connectivity index is 2.42. The maximum atomic E-state index is 13.2. The van der Waals surface area contributed by atoms with Gasteiger partial charge in [0, 0.05) is 24.5 Å². The third-order valence-electron chi connectivity index (χ3n) is 4.59. The highest BCUT2D eigenvalue weighted by atomic mass is 32.2. The summed E-state index contributed by atoms with van der Waals surface area (Å²) in [6.07, 6.45) is 2.81. The second-order valence-electron chi connectivity index (χ2n) is 6.70. The Morgan fingerprint density at radius 3 is 2.20 bits per heavy atom. The Hall–Kier alpha value is -1.41. The molecule has 0 bridgehead atoms. The fraction of sp³-hybridized carbons (Fsp3) is 0.588. The first kappa shape index (κ1) is 19.9. The SMILES string of the molecule is CCC1(CCS(C)(=O)=O)Oc2ccccc2C(CCS(C)(=O)=O)C1=O. The first-order valence-corrected chi connectivity index (χ1v) is 12.3. The van der Waals surface area contributed by atoms with Crippen molar-refractivity contribution in [2.75, 3.05) is 24.0 Å². The molecular weight excluding hydrogens is 364 g/mol. The molecule has 0 aromatic heterocycles. The van der Waals surface area contributed by atoms with Crippen molar-refractivity contribution in [1.29, 1.82) is 0 Å². The molecule has 6 nitrogen and oxygen atoms in total. The molecule has 1 aliphatic rings. The molecule has 2 atom stereocenters. The summed E-state index contributed by atoms with van der Waals surface area (Å²) in [7, 11) is -6.47. The molecule has 0 saturated carbocycles. The van der Waals surface area contributed by atoms with Gasteiger partial charge >= 0.3 is 0 Å². The normalized spacial score (nSPS) is 23.8. The number of para-hydroxylation sites is 1. The van der Waals surface area contributed by atoms with Gasteiger partial charge in [-0.15, -0.1) is 0 Å². The zero-order chi connectivity index (χ0) is 18.9. The van der Waals surface area contributed by atoms with Crippen molar-refractivity contribution in [3.05, 3.63) is 29.8 Å². The lowest BCUT2D eigenvalue weighted by Gasteiger charge is -2.40. The lowest BCUT2D eigenvalue weighted by atomic mass is 9.77. The van der Waals surface area contributed by atoms with Crippen molar-refractivity contribution < 1.29 is 26.4 Å². The summed E-state index contributed by atoms with van der Waals surface area (Å²) in [4.78, 5) is 13.2. The minimum atomic E-state index is -3.25. The van der Waals surface area contributed by atoms with E-state index < -0.39 is 31.2 Å². The number of hydrogen-bond acceptors (Lipinski definition) is 6. The number of rotatable bonds is 7. The van der Waals surface area contributed by atoms with Crippen molar-refractivity contribution in [3.63, 3.8) is 0 Å². The van der Waals surface area contributed by atoms with E-state index >= 15 is 0 Å². The molecule has 25 heavy (non-hydrogen) atoms. The van der Waals surface area contributed by atoms with Gasteiger partial charge in [-0.3, -0.25) is 4.79 Å². The molecular formula is C17H24O6S2. The lowest BCUT2D eigenvalue weighted by Crippen LogP contribution is -2.51. The van der Waals surface area contributed by atoms with Gasteiger partial charge in [-0.2, -0.15) is 0 Å². The number of hydrogen-bond donors (Lipinski definition) is 0. The Kier molecular flexibility index (Phi) is 5.63. The minimum absolute atomic E-state index is 0.0604. The van der Waals surface area contributed by atoms with Gasteiger partial charge in [0.15, 0.2) is 11.4 Å². The van der Waals surface area contributed by atoms with Crippen LogP contribution in [0.1, 0.15) is 37.7 Å². The average molecular weight is 389 g/mol. The van der Waals surface area contributed by atoms with Crippen LogP contribution in [-0.4, -0.2) is 52.2 Å². The van der Waals surface area contributed by atoms with E-state index in [-0.39, 0.29) is 30.1 Å². The van der Waals surface area contributed by atoms with Gasteiger partial charge in [-0.05, 0) is 18.9 Å². The van der Waals surface area contributed by atoms with Crippen LogP contribution in [-0.2, 0) is 24.5 Å². The third-order valence-corrected chi connectivity index (χ3v) is 6.51. The van der Waals surface area contributed by atoms with Crippen LogP contribution in [0.2, 0.25) is 0 Å². The number of carbonyl (C=O) groups is 1. The highest BCUT2D eigenvalue weighted by Crippen LogP contribution is 2.43. The number of fused-ring (bicyclic) bond motifs is 1. The van der Waals surface area contributed by atoms with E-state index in [1.54, 1.807) is 31.2 Å². The molecule has 0 radical (unpaired) electrons. The van der Waals surface area contributed by atoms with Gasteiger partial charge in [-0.25, -0.2) is 16.8 Å². The van der Waals surface area contributed by atoms with Crippen LogP contribution in [0.4, 0.5) is 0 Å². The van der Waals surface area contributed by atoms with Crippen LogP contribution < -0.4 is 4.74 Å². The standard InChI is InChI=1S/C17H24O6S2/c1-4-17(10-12-25(3,21)22)16(18)14(9-11-24(2,19)20)13-7-5-6-8-15(13)23-17/h5-8,14H,4,9-12H2,1-3H3. The maximum absolute atomic E-state index is 13.2. The van der Waals surface area contributed by atoms with Gasteiger partial charge in [0.25, 0.3) is 0 Å². The fourth-order valence-electron chi connectivity index (χ4n) is 3.15. The first-order valence-electron chi connectivity index (χ1n) is 8.15. The second kappa shape index (κ2) is 7.07. The summed E-state index contributed by atoms with van der Waals surface area (Å²) < 4.78 is 52.2. The Morgan fingerprint density at radius 2 is 1.64 bits per heavy atom. The number of carbonyl (C=O) groups excluding carboxylic acids is 1. The maximum Gasteiger partial charge on any atom is 0.183 e. The largest absolute Gasteiger partial charge is 0.479 e. The van der Waals surface area contributed by atoms with E-state index in [4.69, 9.17) is 4.74 Å². The quantitative estimate of drug-likeness (QED) is 0.706. The molecule has 0 spiro atoms. The van der Waals surface area contributed by atoms with Crippen molar-refractivity contribution >= 4 is 25.5 Å². The molecule has 0 fully saturated rings. The Morgan fingerprint density at radius 1 is 1.04 bits per heavy atom. The molecule has 8 heteroatoms. The molecule has 2 unspecified atom stereocenters. The van der Waals surface area contributed by atoms with Crippen LogP contribution in [0.25, 0.3) is 0 Å². The number of ether oxygens (including phenoxy) is 1. The van der Waals surface area contributed by atoms with Crippen molar-refractivity contribution in [3.8, 4) is 5.75 Å². The van der Waals surface area contributed by atoms with Crippen LogP contribution >= 0.6 is 0 Å². The van der Waals surface area contributed by atoms with Gasteiger partial charge in [-0.1, -0.05) is 25.1 Å². The monoisotopic (exact) mass is 388 g/mol. The molecule has 0 aliphatic carbocycles. The average Bonchev–Trinajstić information content (AvgIpc) is 2.50. The van der Waals surface area contributed by atoms with E-state index in [0.29, 0.717) is 17.7 Å². The zero-order valence-electron chi connectivity index (χ0n) is 14.7. The van der Waals surface area contributed by atoms with E-state index in [0.717, 1.165) is 12.5 Å². The molecule has 1 aromatic rings. The van der Waals surface area contributed by atoms with Gasteiger partial charge in [0.2, 0.25) is 0 Å². The third kappa shape index (κ3) is 4.82. The molecule has 140 valence electrons. The highest BCUT2D eigenvalue weighted by molar-refractivity contribution is 7.90. The predicted octanol–water partition coefficient (Wildman–Crippen LogP) is 1.75. The van der Waals surface area contributed by atoms with E-state index in [1.165, 1.54) is 0 Å². The van der Waals surface area contributed by atoms with Gasteiger partial charge in [0.05, 0.1) is 17.4 Å². The summed E-state index contributed by atoms with van der Waals surface area (Å²) in [5, 5.41) is 0. The topological polar surface area (TPSA) is 94.6 Å². The second-order valence-corrected chi connectivity index (χ2v) is 11.2. The van der Waals surface area contributed by atoms with Crippen LogP contribution in [0.3, 0.4) is 0 Å². The lowest BCUT2D eigenvalue weighted by molar-refractivity contribution is -0.139. The highest BCUT2D eigenvalue weighted by Gasteiger charge is 2.48.